The van der Waals surface area contributed by atoms with E-state index < -0.39 is 0 Å². The fourth-order valence-corrected chi connectivity index (χ4v) is 2.58. The SMILES string of the molecule is CC1(C)C(C(=O)C2=CCCO2)C1(C)C. The molecule has 0 spiro atoms. The summed E-state index contributed by atoms with van der Waals surface area (Å²) in [7, 11) is 0. The van der Waals surface area contributed by atoms with E-state index >= 15 is 0 Å². The minimum Gasteiger partial charge on any atom is -0.490 e. The maximum Gasteiger partial charge on any atom is 0.201 e. The lowest BCUT2D eigenvalue weighted by atomic mass is 10.0. The van der Waals surface area contributed by atoms with Gasteiger partial charge in [-0.1, -0.05) is 27.7 Å². The number of allylic oxidation sites excluding steroid dienone is 1. The third-order valence-corrected chi connectivity index (χ3v) is 4.23. The summed E-state index contributed by atoms with van der Waals surface area (Å²) in [5, 5.41) is 0. The zero-order valence-corrected chi connectivity index (χ0v) is 9.39. The Bertz CT molecular complexity index is 296. The molecule has 0 aromatic rings. The summed E-state index contributed by atoms with van der Waals surface area (Å²) in [6.07, 6.45) is 2.81. The van der Waals surface area contributed by atoms with Gasteiger partial charge in [-0.25, -0.2) is 0 Å². The number of carbonyl (C=O) groups is 1. The molecule has 0 unspecified atom stereocenters. The Kier molecular flexibility index (Phi) is 1.82. The molecule has 0 aromatic carbocycles. The number of carbonyl (C=O) groups excluding carboxylic acids is 1. The van der Waals surface area contributed by atoms with Crippen molar-refractivity contribution in [2.24, 2.45) is 16.7 Å². The van der Waals surface area contributed by atoms with Gasteiger partial charge in [0, 0.05) is 12.3 Å². The number of hydrogen-bond acceptors (Lipinski definition) is 2. The summed E-state index contributed by atoms with van der Waals surface area (Å²) in [6.45, 7) is 9.31. The van der Waals surface area contributed by atoms with Gasteiger partial charge in [0.25, 0.3) is 0 Å². The van der Waals surface area contributed by atoms with E-state index in [1.807, 2.05) is 6.08 Å². The van der Waals surface area contributed by atoms with E-state index in [1.165, 1.54) is 0 Å². The van der Waals surface area contributed by atoms with Crippen LogP contribution in [0.1, 0.15) is 34.1 Å². The normalized spacial score (nSPS) is 28.1. The Morgan fingerprint density at radius 1 is 1.36 bits per heavy atom. The highest BCUT2D eigenvalue weighted by Gasteiger charge is 2.68. The minimum absolute atomic E-state index is 0.122. The Morgan fingerprint density at radius 3 is 2.29 bits per heavy atom. The second-order valence-corrected chi connectivity index (χ2v) is 5.45. The maximum atomic E-state index is 12.0. The predicted molar refractivity (Wildman–Crippen MR) is 54.7 cm³/mol. The van der Waals surface area contributed by atoms with Gasteiger partial charge in [0.1, 0.15) is 0 Å². The summed E-state index contributed by atoms with van der Waals surface area (Å²) >= 11 is 0. The van der Waals surface area contributed by atoms with Crippen LogP contribution in [-0.2, 0) is 9.53 Å². The molecule has 14 heavy (non-hydrogen) atoms. The first-order chi connectivity index (χ1) is 6.39. The predicted octanol–water partition coefficient (Wildman–Crippen LogP) is 2.54. The van der Waals surface area contributed by atoms with Gasteiger partial charge >= 0.3 is 0 Å². The van der Waals surface area contributed by atoms with Crippen molar-refractivity contribution in [2.45, 2.75) is 34.1 Å². The maximum absolute atomic E-state index is 12.0. The highest BCUT2D eigenvalue weighted by atomic mass is 16.5. The average Bonchev–Trinajstić information content (AvgIpc) is 2.53. The molecule has 1 aliphatic heterocycles. The standard InChI is InChI=1S/C12H18O2/c1-11(2)10(12(11,3)4)9(13)8-6-5-7-14-8/h6,10H,5,7H2,1-4H3. The first kappa shape index (κ1) is 9.75. The van der Waals surface area contributed by atoms with E-state index in [1.54, 1.807) is 0 Å². The molecule has 0 aromatic heterocycles. The van der Waals surface area contributed by atoms with E-state index in [2.05, 4.69) is 27.7 Å². The number of ether oxygens (including phenoxy) is 1. The van der Waals surface area contributed by atoms with Gasteiger partial charge in [-0.05, 0) is 16.9 Å². The van der Waals surface area contributed by atoms with Crippen molar-refractivity contribution in [3.63, 3.8) is 0 Å². The fourth-order valence-electron chi connectivity index (χ4n) is 2.58. The van der Waals surface area contributed by atoms with Crippen molar-refractivity contribution in [3.8, 4) is 0 Å². The molecule has 2 nitrogen and oxygen atoms in total. The van der Waals surface area contributed by atoms with Gasteiger partial charge in [0.05, 0.1) is 6.61 Å². The number of rotatable bonds is 2. The third kappa shape index (κ3) is 1.06. The molecule has 0 atom stereocenters. The van der Waals surface area contributed by atoms with Gasteiger partial charge < -0.3 is 4.74 Å². The second kappa shape index (κ2) is 2.62. The van der Waals surface area contributed by atoms with Gasteiger partial charge in [-0.2, -0.15) is 0 Å². The fraction of sp³-hybridized carbons (Fsp3) is 0.750. The summed E-state index contributed by atoms with van der Waals surface area (Å²) in [4.78, 5) is 12.0. The molecule has 78 valence electrons. The quantitative estimate of drug-likeness (QED) is 0.675. The van der Waals surface area contributed by atoms with Crippen molar-refractivity contribution < 1.29 is 9.53 Å². The largest absolute Gasteiger partial charge is 0.490 e. The van der Waals surface area contributed by atoms with Crippen LogP contribution in [0.15, 0.2) is 11.8 Å². The van der Waals surface area contributed by atoms with Crippen molar-refractivity contribution >= 4 is 5.78 Å². The molecule has 0 radical (unpaired) electrons. The van der Waals surface area contributed by atoms with Crippen LogP contribution in [0.2, 0.25) is 0 Å². The molecule has 1 aliphatic carbocycles. The first-order valence-corrected chi connectivity index (χ1v) is 5.26. The van der Waals surface area contributed by atoms with Gasteiger partial charge in [-0.15, -0.1) is 0 Å². The molecular formula is C12H18O2. The lowest BCUT2D eigenvalue weighted by Crippen LogP contribution is -2.10. The first-order valence-electron chi connectivity index (χ1n) is 5.26. The Morgan fingerprint density at radius 2 is 1.93 bits per heavy atom. The molecule has 1 heterocycles. The highest BCUT2D eigenvalue weighted by molar-refractivity contribution is 5.99. The number of Topliss-reactive ketones (excluding diaryl/α,β-unsaturated/α-hetero) is 1. The van der Waals surface area contributed by atoms with Crippen LogP contribution in [0.4, 0.5) is 0 Å². The molecular weight excluding hydrogens is 176 g/mol. The highest BCUT2D eigenvalue weighted by Crippen LogP contribution is 2.69. The Balaban J connectivity index is 2.16. The molecule has 2 aliphatic rings. The molecule has 2 heteroatoms. The van der Waals surface area contributed by atoms with Crippen LogP contribution >= 0.6 is 0 Å². The zero-order chi connectivity index (χ0) is 10.6. The van der Waals surface area contributed by atoms with Crippen molar-refractivity contribution in [1.82, 2.24) is 0 Å². The molecule has 0 N–H and O–H groups in total. The molecule has 1 saturated carbocycles. The van der Waals surface area contributed by atoms with Crippen molar-refractivity contribution in [3.05, 3.63) is 11.8 Å². The Hall–Kier alpha value is -0.790. The van der Waals surface area contributed by atoms with E-state index in [9.17, 15) is 4.79 Å². The van der Waals surface area contributed by atoms with Crippen LogP contribution in [-0.4, -0.2) is 12.4 Å². The summed E-state index contributed by atoms with van der Waals surface area (Å²) in [5.41, 5.74) is 0.244. The van der Waals surface area contributed by atoms with Crippen LogP contribution in [0.5, 0.6) is 0 Å². The number of hydrogen-bond donors (Lipinski definition) is 0. The van der Waals surface area contributed by atoms with Gasteiger partial charge in [0.2, 0.25) is 5.78 Å². The topological polar surface area (TPSA) is 26.3 Å². The average molecular weight is 194 g/mol. The monoisotopic (exact) mass is 194 g/mol. The molecule has 0 amide bonds. The van der Waals surface area contributed by atoms with Gasteiger partial charge in [-0.3, -0.25) is 4.79 Å². The molecule has 0 saturated heterocycles. The van der Waals surface area contributed by atoms with Crippen LogP contribution in [0.3, 0.4) is 0 Å². The summed E-state index contributed by atoms with van der Waals surface area (Å²) in [5.74, 6) is 0.950. The minimum atomic E-state index is 0.122. The van der Waals surface area contributed by atoms with Crippen LogP contribution < -0.4 is 0 Å². The summed E-state index contributed by atoms with van der Waals surface area (Å²) < 4.78 is 5.31. The van der Waals surface area contributed by atoms with Crippen LogP contribution in [0, 0.1) is 16.7 Å². The van der Waals surface area contributed by atoms with E-state index in [4.69, 9.17) is 4.74 Å². The smallest absolute Gasteiger partial charge is 0.201 e. The lowest BCUT2D eigenvalue weighted by Gasteiger charge is -2.03. The zero-order valence-electron chi connectivity index (χ0n) is 9.39. The van der Waals surface area contributed by atoms with E-state index in [-0.39, 0.29) is 22.5 Å². The van der Waals surface area contributed by atoms with Crippen molar-refractivity contribution in [2.75, 3.05) is 6.61 Å². The van der Waals surface area contributed by atoms with Gasteiger partial charge in [0.15, 0.2) is 5.76 Å². The molecule has 1 fully saturated rings. The van der Waals surface area contributed by atoms with E-state index in [0.717, 1.165) is 6.42 Å². The molecule has 0 bridgehead atoms. The second-order valence-electron chi connectivity index (χ2n) is 5.45. The number of ketones is 1. The Labute approximate surface area is 85.3 Å². The van der Waals surface area contributed by atoms with Crippen molar-refractivity contribution in [1.29, 1.82) is 0 Å². The third-order valence-electron chi connectivity index (χ3n) is 4.23. The molecule has 2 rings (SSSR count). The van der Waals surface area contributed by atoms with Crippen LogP contribution in [0.25, 0.3) is 0 Å². The lowest BCUT2D eigenvalue weighted by molar-refractivity contribution is -0.120. The van der Waals surface area contributed by atoms with E-state index in [0.29, 0.717) is 12.4 Å². The summed E-state index contributed by atoms with van der Waals surface area (Å²) in [6, 6.07) is 0.